The van der Waals surface area contributed by atoms with Crippen molar-refractivity contribution in [1.82, 2.24) is 9.97 Å². The molecule has 2 rings (SSSR count). The predicted octanol–water partition coefficient (Wildman–Crippen LogP) is 2.50. The number of nitrogens with zero attached hydrogens (tertiary/aromatic N) is 2. The Labute approximate surface area is 77.6 Å². The van der Waals surface area contributed by atoms with Crippen molar-refractivity contribution in [1.29, 1.82) is 0 Å². The minimum absolute atomic E-state index is 1.02. The highest BCUT2D eigenvalue weighted by Crippen LogP contribution is 2.19. The molecule has 0 radical (unpaired) electrons. The molecule has 0 aliphatic heterocycles. The molecule has 0 unspecified atom stereocenters. The maximum Gasteiger partial charge on any atom is 0.116 e. The van der Waals surface area contributed by atoms with E-state index in [2.05, 4.69) is 35.9 Å². The quantitative estimate of drug-likeness (QED) is 0.660. The fourth-order valence-electron chi connectivity index (χ4n) is 1.55. The van der Waals surface area contributed by atoms with E-state index in [1.165, 1.54) is 16.5 Å². The Morgan fingerprint density at radius 3 is 2.92 bits per heavy atom. The summed E-state index contributed by atoms with van der Waals surface area (Å²) in [5, 5.41) is 1.17. The molecule has 2 nitrogen and oxygen atoms in total. The molecule has 66 valence electrons. The first-order chi connectivity index (χ1) is 6.33. The van der Waals surface area contributed by atoms with E-state index >= 15 is 0 Å². The Kier molecular flexibility index (Phi) is 1.97. The fraction of sp³-hybridized carbons (Fsp3) is 0.273. The molecule has 1 aromatic heterocycles. The van der Waals surface area contributed by atoms with Crippen molar-refractivity contribution in [2.24, 2.45) is 0 Å². The molecule has 0 saturated carbocycles. The van der Waals surface area contributed by atoms with Crippen LogP contribution in [0.25, 0.3) is 10.9 Å². The zero-order valence-corrected chi connectivity index (χ0v) is 7.91. The summed E-state index contributed by atoms with van der Waals surface area (Å²) < 4.78 is 0. The molecule has 0 saturated heterocycles. The monoisotopic (exact) mass is 172 g/mol. The average molecular weight is 172 g/mol. The molecule has 13 heavy (non-hydrogen) atoms. The molecule has 0 spiro atoms. The zero-order valence-electron chi connectivity index (χ0n) is 7.91. The largest absolute Gasteiger partial charge is 0.244 e. The van der Waals surface area contributed by atoms with E-state index in [4.69, 9.17) is 0 Å². The van der Waals surface area contributed by atoms with Gasteiger partial charge in [0.15, 0.2) is 0 Å². The van der Waals surface area contributed by atoms with Crippen LogP contribution >= 0.6 is 0 Å². The predicted molar refractivity (Wildman–Crippen MR) is 53.7 cm³/mol. The molecule has 0 aliphatic carbocycles. The van der Waals surface area contributed by atoms with Crippen molar-refractivity contribution in [3.63, 3.8) is 0 Å². The van der Waals surface area contributed by atoms with Crippen LogP contribution in [0.4, 0.5) is 0 Å². The van der Waals surface area contributed by atoms with Gasteiger partial charge in [-0.3, -0.25) is 0 Å². The molecule has 0 amide bonds. The van der Waals surface area contributed by atoms with Gasteiger partial charge >= 0.3 is 0 Å². The van der Waals surface area contributed by atoms with Crippen molar-refractivity contribution in [3.05, 3.63) is 35.8 Å². The molecule has 0 bridgehead atoms. The molecular weight excluding hydrogens is 160 g/mol. The second kappa shape index (κ2) is 3.13. The van der Waals surface area contributed by atoms with Crippen molar-refractivity contribution in [3.8, 4) is 0 Å². The average Bonchev–Trinajstić information content (AvgIpc) is 2.19. The third-order valence-electron chi connectivity index (χ3n) is 2.36. The Hall–Kier alpha value is -1.44. The fourth-order valence-corrected chi connectivity index (χ4v) is 1.55. The van der Waals surface area contributed by atoms with Crippen LogP contribution in [0.3, 0.4) is 0 Å². The maximum atomic E-state index is 4.30. The summed E-state index contributed by atoms with van der Waals surface area (Å²) in [7, 11) is 0. The second-order valence-electron chi connectivity index (χ2n) is 3.18. The van der Waals surface area contributed by atoms with Gasteiger partial charge in [0, 0.05) is 11.6 Å². The van der Waals surface area contributed by atoms with Gasteiger partial charge in [-0.1, -0.05) is 19.1 Å². The third-order valence-corrected chi connectivity index (χ3v) is 2.36. The van der Waals surface area contributed by atoms with Gasteiger partial charge in [0.05, 0.1) is 5.52 Å². The Balaban J connectivity index is 2.84. The summed E-state index contributed by atoms with van der Waals surface area (Å²) in [6.45, 7) is 4.23. The highest BCUT2D eigenvalue weighted by atomic mass is 14.8. The number of benzene rings is 1. The van der Waals surface area contributed by atoms with Crippen LogP contribution in [-0.2, 0) is 6.42 Å². The van der Waals surface area contributed by atoms with Gasteiger partial charge in [0.25, 0.3) is 0 Å². The van der Waals surface area contributed by atoms with E-state index in [-0.39, 0.29) is 0 Å². The Morgan fingerprint density at radius 1 is 1.31 bits per heavy atom. The summed E-state index contributed by atoms with van der Waals surface area (Å²) in [4.78, 5) is 8.34. The molecule has 1 heterocycles. The van der Waals surface area contributed by atoms with Gasteiger partial charge in [-0.15, -0.1) is 0 Å². The summed E-state index contributed by atoms with van der Waals surface area (Å²) >= 11 is 0. The molecule has 2 heteroatoms. The van der Waals surface area contributed by atoms with Gasteiger partial charge in [0.2, 0.25) is 0 Å². The number of aryl methyl sites for hydroxylation is 2. The number of rotatable bonds is 1. The van der Waals surface area contributed by atoms with E-state index in [1.807, 2.05) is 6.20 Å². The number of fused-ring (bicyclic) bond motifs is 1. The van der Waals surface area contributed by atoms with E-state index < -0.39 is 0 Å². The molecule has 1 aromatic carbocycles. The van der Waals surface area contributed by atoms with Gasteiger partial charge < -0.3 is 0 Å². The summed E-state index contributed by atoms with van der Waals surface area (Å²) in [6.07, 6.45) is 4.52. The molecule has 0 atom stereocenters. The van der Waals surface area contributed by atoms with Gasteiger partial charge in [-0.25, -0.2) is 9.97 Å². The summed E-state index contributed by atoms with van der Waals surface area (Å²) in [5.41, 5.74) is 3.63. The molecule has 0 aliphatic rings. The first-order valence-electron chi connectivity index (χ1n) is 4.51. The first-order valence-corrected chi connectivity index (χ1v) is 4.51. The lowest BCUT2D eigenvalue weighted by atomic mass is 10.0. The van der Waals surface area contributed by atoms with Crippen molar-refractivity contribution in [2.75, 3.05) is 0 Å². The molecule has 0 fully saturated rings. The van der Waals surface area contributed by atoms with E-state index in [9.17, 15) is 0 Å². The second-order valence-corrected chi connectivity index (χ2v) is 3.18. The highest BCUT2D eigenvalue weighted by molar-refractivity contribution is 5.83. The van der Waals surface area contributed by atoms with Crippen LogP contribution in [0.15, 0.2) is 24.7 Å². The van der Waals surface area contributed by atoms with Crippen LogP contribution in [0.5, 0.6) is 0 Å². The lowest BCUT2D eigenvalue weighted by Crippen LogP contribution is -1.90. The van der Waals surface area contributed by atoms with Crippen LogP contribution in [0, 0.1) is 6.92 Å². The van der Waals surface area contributed by atoms with E-state index in [0.29, 0.717) is 0 Å². The molecule has 0 N–H and O–H groups in total. The van der Waals surface area contributed by atoms with Crippen molar-refractivity contribution in [2.45, 2.75) is 20.3 Å². The Bertz CT molecular complexity index is 435. The first kappa shape index (κ1) is 8.17. The third kappa shape index (κ3) is 1.28. The molecular formula is C11H12N2. The number of aromatic nitrogens is 2. The standard InChI is InChI=1S/C11H12N2/c1-3-9-5-4-8(2)10-6-12-7-13-11(9)10/h4-7H,3H2,1-2H3. The van der Waals surface area contributed by atoms with Crippen LogP contribution in [-0.4, -0.2) is 9.97 Å². The zero-order chi connectivity index (χ0) is 9.26. The lowest BCUT2D eigenvalue weighted by molar-refractivity contribution is 1.12. The van der Waals surface area contributed by atoms with E-state index in [0.717, 1.165) is 11.9 Å². The summed E-state index contributed by atoms with van der Waals surface area (Å²) in [5.74, 6) is 0. The van der Waals surface area contributed by atoms with Crippen LogP contribution in [0.2, 0.25) is 0 Å². The molecule has 2 aromatic rings. The Morgan fingerprint density at radius 2 is 2.15 bits per heavy atom. The van der Waals surface area contributed by atoms with Crippen molar-refractivity contribution < 1.29 is 0 Å². The van der Waals surface area contributed by atoms with Crippen LogP contribution in [0.1, 0.15) is 18.1 Å². The smallest absolute Gasteiger partial charge is 0.116 e. The van der Waals surface area contributed by atoms with Gasteiger partial charge in [0.1, 0.15) is 6.33 Å². The van der Waals surface area contributed by atoms with Gasteiger partial charge in [-0.2, -0.15) is 0 Å². The normalized spacial score (nSPS) is 10.6. The number of hydrogen-bond acceptors (Lipinski definition) is 2. The van der Waals surface area contributed by atoms with Crippen LogP contribution < -0.4 is 0 Å². The van der Waals surface area contributed by atoms with E-state index in [1.54, 1.807) is 6.33 Å². The SMILES string of the molecule is CCc1ccc(C)c2cncnc12. The highest BCUT2D eigenvalue weighted by Gasteiger charge is 2.02. The minimum atomic E-state index is 1.02. The van der Waals surface area contributed by atoms with Crippen molar-refractivity contribution >= 4 is 10.9 Å². The van der Waals surface area contributed by atoms with Gasteiger partial charge in [-0.05, 0) is 24.5 Å². The topological polar surface area (TPSA) is 25.8 Å². The summed E-state index contributed by atoms with van der Waals surface area (Å²) in [6, 6.07) is 4.27. The minimum Gasteiger partial charge on any atom is -0.244 e. The maximum absolute atomic E-state index is 4.30. The lowest BCUT2D eigenvalue weighted by Gasteiger charge is -2.04. The number of hydrogen-bond donors (Lipinski definition) is 0.